The highest BCUT2D eigenvalue weighted by Crippen LogP contribution is 2.32. The van der Waals surface area contributed by atoms with E-state index in [0.29, 0.717) is 24.3 Å². The Bertz CT molecular complexity index is 1150. The molecule has 1 atom stereocenters. The van der Waals surface area contributed by atoms with Crippen molar-refractivity contribution in [3.63, 3.8) is 0 Å². The Morgan fingerprint density at radius 2 is 1.42 bits per heavy atom. The van der Waals surface area contributed by atoms with Crippen LogP contribution in [0.2, 0.25) is 0 Å². The summed E-state index contributed by atoms with van der Waals surface area (Å²) in [6.07, 6.45) is 2.52. The van der Waals surface area contributed by atoms with E-state index in [0.717, 1.165) is 16.8 Å². The molecule has 2 heterocycles. The van der Waals surface area contributed by atoms with Crippen LogP contribution in [0.4, 0.5) is 0 Å². The van der Waals surface area contributed by atoms with E-state index in [1.807, 2.05) is 42.5 Å². The molecule has 0 aliphatic carbocycles. The van der Waals surface area contributed by atoms with Gasteiger partial charge in [-0.15, -0.1) is 0 Å². The Balaban J connectivity index is 0.000000338. The Hall–Kier alpha value is -4.53. The number of carboxylic acid groups (broad SMARTS) is 1. The molecule has 9 heteroatoms. The maximum atomic E-state index is 11.1. The maximum absolute atomic E-state index is 11.1. The molecule has 1 aliphatic rings. The summed E-state index contributed by atoms with van der Waals surface area (Å²) in [5.41, 5.74) is 2.90. The van der Waals surface area contributed by atoms with Crippen molar-refractivity contribution in [2.75, 3.05) is 0 Å². The molecule has 0 bridgehead atoms. The van der Waals surface area contributed by atoms with Crippen molar-refractivity contribution in [2.24, 2.45) is 0 Å². The third-order valence-corrected chi connectivity index (χ3v) is 5.23. The lowest BCUT2D eigenvalue weighted by molar-refractivity contribution is -0.140. The van der Waals surface area contributed by atoms with Crippen LogP contribution < -0.4 is 14.8 Å². The molecule has 1 saturated heterocycles. The number of nitrogens with one attached hydrogen (secondary N) is 1. The van der Waals surface area contributed by atoms with Crippen molar-refractivity contribution < 1.29 is 33.8 Å². The monoisotopic (exact) mass is 490 g/mol. The van der Waals surface area contributed by atoms with Gasteiger partial charge in [-0.2, -0.15) is 0 Å². The minimum atomic E-state index is -0.944. The minimum Gasteiger partial charge on any atom is -0.480 e. The van der Waals surface area contributed by atoms with Gasteiger partial charge in [0.15, 0.2) is 0 Å². The van der Waals surface area contributed by atoms with Crippen LogP contribution in [0.3, 0.4) is 0 Å². The van der Waals surface area contributed by atoms with Gasteiger partial charge in [0.25, 0.3) is 0 Å². The zero-order valence-electron chi connectivity index (χ0n) is 19.8. The first-order chi connectivity index (χ1) is 17.2. The first-order valence-electron chi connectivity index (χ1n) is 11.2. The molecule has 1 fully saturated rings. The highest BCUT2D eigenvalue weighted by molar-refractivity contribution is 5.87. The molecule has 0 unspecified atom stereocenters. The number of esters is 2. The van der Waals surface area contributed by atoms with Gasteiger partial charge in [0.1, 0.15) is 17.5 Å². The first-order valence-corrected chi connectivity index (χ1v) is 11.2. The van der Waals surface area contributed by atoms with Crippen molar-refractivity contribution in [1.82, 2.24) is 10.3 Å². The summed E-state index contributed by atoms with van der Waals surface area (Å²) >= 11 is 0. The molecule has 2 aromatic carbocycles. The topological polar surface area (TPSA) is 132 Å². The summed E-state index contributed by atoms with van der Waals surface area (Å²) in [6.45, 7) is 2.74. The standard InChI is InChI=1S/C22H19NO4.C5H7NO3/c1-15(24)26-19-10-6-17(7-11-19)22(21-5-3-4-14-23-21)18-8-12-20(13-9-18)27-16(2)25;7-4-2-1-3(6-4)5(8)9/h3-14,22H,1-2H3;3H,1-2H2,(H,6,7)(H,8,9)/t;3-/m.0/s1. The Labute approximate surface area is 208 Å². The van der Waals surface area contributed by atoms with Crippen LogP contribution >= 0.6 is 0 Å². The fraction of sp³-hybridized carbons (Fsp3) is 0.222. The Morgan fingerprint density at radius 1 is 0.889 bits per heavy atom. The third kappa shape index (κ3) is 7.49. The van der Waals surface area contributed by atoms with Gasteiger partial charge in [-0.1, -0.05) is 30.3 Å². The van der Waals surface area contributed by atoms with Gasteiger partial charge in [0.2, 0.25) is 5.91 Å². The number of ether oxygens (including phenoxy) is 2. The summed E-state index contributed by atoms with van der Waals surface area (Å²) in [5.74, 6) is -0.935. The smallest absolute Gasteiger partial charge is 0.326 e. The molecule has 3 aromatic rings. The molecule has 36 heavy (non-hydrogen) atoms. The minimum absolute atomic E-state index is 0.107. The van der Waals surface area contributed by atoms with Crippen LogP contribution in [0, 0.1) is 0 Å². The van der Waals surface area contributed by atoms with E-state index in [-0.39, 0.29) is 23.8 Å². The molecular weight excluding hydrogens is 464 g/mol. The van der Waals surface area contributed by atoms with Crippen LogP contribution in [0.5, 0.6) is 11.5 Å². The van der Waals surface area contributed by atoms with Gasteiger partial charge in [0.05, 0.1) is 11.6 Å². The Kier molecular flexibility index (Phi) is 8.88. The second-order valence-corrected chi connectivity index (χ2v) is 8.01. The molecule has 1 amide bonds. The summed E-state index contributed by atoms with van der Waals surface area (Å²) in [4.78, 5) is 47.2. The first kappa shape index (κ1) is 26.1. The van der Waals surface area contributed by atoms with Crippen LogP contribution in [0.15, 0.2) is 72.9 Å². The summed E-state index contributed by atoms with van der Waals surface area (Å²) < 4.78 is 10.2. The summed E-state index contributed by atoms with van der Waals surface area (Å²) in [6, 6.07) is 19.8. The van der Waals surface area contributed by atoms with Gasteiger partial charge in [-0.25, -0.2) is 4.79 Å². The molecule has 1 aromatic heterocycles. The number of carbonyl (C=O) groups is 4. The SMILES string of the molecule is CC(=O)Oc1ccc(C(c2ccc(OC(C)=O)cc2)c2ccccn2)cc1.O=C1CC[C@@H](C(=O)O)N1. The number of benzene rings is 2. The van der Waals surface area contributed by atoms with Gasteiger partial charge in [-0.3, -0.25) is 19.4 Å². The number of rotatable bonds is 6. The lowest BCUT2D eigenvalue weighted by atomic mass is 9.88. The average Bonchev–Trinajstić information content (AvgIpc) is 3.29. The van der Waals surface area contributed by atoms with Crippen LogP contribution in [-0.2, 0) is 19.2 Å². The molecule has 0 saturated carbocycles. The number of pyridine rings is 1. The zero-order valence-corrected chi connectivity index (χ0v) is 19.8. The number of hydrogen-bond donors (Lipinski definition) is 2. The molecule has 9 nitrogen and oxygen atoms in total. The van der Waals surface area contributed by atoms with E-state index in [4.69, 9.17) is 14.6 Å². The van der Waals surface area contributed by atoms with E-state index < -0.39 is 12.0 Å². The molecule has 186 valence electrons. The highest BCUT2D eigenvalue weighted by Gasteiger charge is 2.26. The normalized spacial score (nSPS) is 14.3. The Morgan fingerprint density at radius 3 is 1.75 bits per heavy atom. The highest BCUT2D eigenvalue weighted by atomic mass is 16.5. The molecule has 4 rings (SSSR count). The number of nitrogens with zero attached hydrogens (tertiary/aromatic N) is 1. The number of amides is 1. The third-order valence-electron chi connectivity index (χ3n) is 5.23. The van der Waals surface area contributed by atoms with Crippen LogP contribution in [0.1, 0.15) is 49.4 Å². The lowest BCUT2D eigenvalue weighted by Crippen LogP contribution is -2.32. The number of hydrogen-bond acceptors (Lipinski definition) is 7. The van der Waals surface area contributed by atoms with E-state index >= 15 is 0 Å². The lowest BCUT2D eigenvalue weighted by Gasteiger charge is -2.18. The summed E-state index contributed by atoms with van der Waals surface area (Å²) in [5, 5.41) is 10.6. The number of carbonyl (C=O) groups excluding carboxylic acids is 3. The maximum Gasteiger partial charge on any atom is 0.326 e. The van der Waals surface area contributed by atoms with Crippen LogP contribution in [-0.4, -0.2) is 39.9 Å². The predicted molar refractivity (Wildman–Crippen MR) is 129 cm³/mol. The van der Waals surface area contributed by atoms with E-state index in [9.17, 15) is 19.2 Å². The van der Waals surface area contributed by atoms with Crippen molar-refractivity contribution in [3.8, 4) is 11.5 Å². The molecule has 1 aliphatic heterocycles. The quantitative estimate of drug-likeness (QED) is 0.397. The van der Waals surface area contributed by atoms with E-state index in [2.05, 4.69) is 10.3 Å². The molecular formula is C27H26N2O7. The average molecular weight is 491 g/mol. The van der Waals surface area contributed by atoms with Gasteiger partial charge >= 0.3 is 17.9 Å². The van der Waals surface area contributed by atoms with Crippen molar-refractivity contribution in [1.29, 1.82) is 0 Å². The van der Waals surface area contributed by atoms with E-state index in [1.54, 1.807) is 30.5 Å². The van der Waals surface area contributed by atoms with E-state index in [1.165, 1.54) is 13.8 Å². The van der Waals surface area contributed by atoms with Crippen molar-refractivity contribution in [3.05, 3.63) is 89.7 Å². The fourth-order valence-corrected chi connectivity index (χ4v) is 3.67. The predicted octanol–water partition coefficient (Wildman–Crippen LogP) is 3.46. The largest absolute Gasteiger partial charge is 0.480 e. The van der Waals surface area contributed by atoms with Gasteiger partial charge in [0, 0.05) is 26.5 Å². The van der Waals surface area contributed by atoms with Crippen molar-refractivity contribution >= 4 is 23.8 Å². The molecule has 0 radical (unpaired) electrons. The van der Waals surface area contributed by atoms with Crippen LogP contribution in [0.25, 0.3) is 0 Å². The second-order valence-electron chi connectivity index (χ2n) is 8.01. The summed E-state index contributed by atoms with van der Waals surface area (Å²) in [7, 11) is 0. The second kappa shape index (κ2) is 12.3. The fourth-order valence-electron chi connectivity index (χ4n) is 3.67. The van der Waals surface area contributed by atoms with Gasteiger partial charge < -0.3 is 19.9 Å². The van der Waals surface area contributed by atoms with Gasteiger partial charge in [-0.05, 0) is 53.9 Å². The molecule has 2 N–H and O–H groups in total. The number of aliphatic carboxylic acids is 1. The number of carboxylic acids is 1. The zero-order chi connectivity index (χ0) is 26.1. The molecule has 0 spiro atoms. The number of aromatic nitrogens is 1. The van der Waals surface area contributed by atoms with Crippen molar-refractivity contribution in [2.45, 2.75) is 38.6 Å².